The summed E-state index contributed by atoms with van der Waals surface area (Å²) in [6.07, 6.45) is 1.65. The Balaban J connectivity index is 2.02. The van der Waals surface area contributed by atoms with E-state index in [9.17, 15) is 9.18 Å². The summed E-state index contributed by atoms with van der Waals surface area (Å²) in [5.41, 5.74) is 1.60. The lowest BCUT2D eigenvalue weighted by molar-refractivity contribution is -0.137. The van der Waals surface area contributed by atoms with Crippen LogP contribution >= 0.6 is 11.8 Å². The fourth-order valence-corrected chi connectivity index (χ4v) is 3.02. The molecule has 3 rings (SSSR count). The second kappa shape index (κ2) is 6.96. The third-order valence-corrected chi connectivity index (χ3v) is 4.24. The molecule has 0 bridgehead atoms. The van der Waals surface area contributed by atoms with Crippen LogP contribution in [0.5, 0.6) is 0 Å². The Morgan fingerprint density at radius 3 is 2.83 bits per heavy atom. The Morgan fingerprint density at radius 1 is 1.38 bits per heavy atom. The van der Waals surface area contributed by atoms with Crippen molar-refractivity contribution in [2.24, 2.45) is 5.10 Å². The summed E-state index contributed by atoms with van der Waals surface area (Å²) in [5, 5.41) is 13.1. The highest BCUT2D eigenvalue weighted by molar-refractivity contribution is 7.99. The first-order valence-electron chi connectivity index (χ1n) is 7.36. The maximum atomic E-state index is 13.1. The minimum atomic E-state index is -0.463. The molecule has 0 spiro atoms. The van der Waals surface area contributed by atoms with Gasteiger partial charge in [-0.2, -0.15) is 9.78 Å². The van der Waals surface area contributed by atoms with E-state index in [1.54, 1.807) is 36.7 Å². The average molecular weight is 346 g/mol. The van der Waals surface area contributed by atoms with Gasteiger partial charge in [0.25, 0.3) is 0 Å². The monoisotopic (exact) mass is 346 g/mol. The molecule has 0 unspecified atom stereocenters. The van der Waals surface area contributed by atoms with Gasteiger partial charge in [-0.15, -0.1) is 10.2 Å². The standard InChI is InChI=1S/C16H15FN4O2S/c1-3-23-15(22)13(8-11-4-6-12(17)7-5-11)14-9-24-16-19-18-10(2)21(16)20-14/h4-8H,3,9H2,1-2H3. The zero-order valence-corrected chi connectivity index (χ0v) is 14.0. The van der Waals surface area contributed by atoms with Crippen molar-refractivity contribution in [1.82, 2.24) is 14.9 Å². The highest BCUT2D eigenvalue weighted by Gasteiger charge is 2.24. The molecule has 0 saturated carbocycles. The number of hydrogen-bond acceptors (Lipinski definition) is 6. The summed E-state index contributed by atoms with van der Waals surface area (Å²) >= 11 is 1.44. The van der Waals surface area contributed by atoms with Crippen molar-refractivity contribution in [2.75, 3.05) is 12.4 Å². The van der Waals surface area contributed by atoms with Crippen LogP contribution in [-0.4, -0.2) is 38.9 Å². The lowest BCUT2D eigenvalue weighted by Crippen LogP contribution is -2.21. The molecule has 6 nitrogen and oxygen atoms in total. The van der Waals surface area contributed by atoms with Gasteiger partial charge in [0.15, 0.2) is 5.82 Å². The van der Waals surface area contributed by atoms with Gasteiger partial charge in [0.1, 0.15) is 5.82 Å². The molecule has 1 aliphatic rings. The van der Waals surface area contributed by atoms with Gasteiger partial charge in [-0.25, -0.2) is 9.18 Å². The summed E-state index contributed by atoms with van der Waals surface area (Å²) in [6.45, 7) is 3.79. The number of ether oxygens (including phenoxy) is 1. The summed E-state index contributed by atoms with van der Waals surface area (Å²) in [5.74, 6) is 0.319. The molecule has 0 N–H and O–H groups in total. The quantitative estimate of drug-likeness (QED) is 0.629. The number of nitrogens with zero attached hydrogens (tertiary/aromatic N) is 4. The van der Waals surface area contributed by atoms with Gasteiger partial charge in [-0.1, -0.05) is 23.9 Å². The molecule has 0 aliphatic carbocycles. The fourth-order valence-electron chi connectivity index (χ4n) is 2.15. The van der Waals surface area contributed by atoms with Gasteiger partial charge in [0.05, 0.1) is 17.9 Å². The number of thioether (sulfide) groups is 1. The van der Waals surface area contributed by atoms with Crippen LogP contribution in [0, 0.1) is 12.7 Å². The Hall–Kier alpha value is -2.48. The van der Waals surface area contributed by atoms with E-state index in [2.05, 4.69) is 15.3 Å². The third-order valence-electron chi connectivity index (χ3n) is 3.31. The number of hydrogen-bond donors (Lipinski definition) is 0. The molecule has 0 amide bonds. The first-order chi connectivity index (χ1) is 11.6. The molecule has 1 aromatic heterocycles. The number of carbonyl (C=O) groups is 1. The minimum Gasteiger partial charge on any atom is -0.462 e. The molecule has 0 saturated heterocycles. The van der Waals surface area contributed by atoms with Crippen molar-refractivity contribution in [3.63, 3.8) is 0 Å². The van der Waals surface area contributed by atoms with Crippen LogP contribution in [0.2, 0.25) is 0 Å². The van der Waals surface area contributed by atoms with Crippen LogP contribution in [0.1, 0.15) is 18.3 Å². The van der Waals surface area contributed by atoms with Crippen LogP contribution in [0.15, 0.2) is 40.1 Å². The molecule has 1 aliphatic heterocycles. The summed E-state index contributed by atoms with van der Waals surface area (Å²) < 4.78 is 19.8. The van der Waals surface area contributed by atoms with Crippen LogP contribution in [-0.2, 0) is 9.53 Å². The predicted molar refractivity (Wildman–Crippen MR) is 89.3 cm³/mol. The van der Waals surface area contributed by atoms with Gasteiger partial charge in [0, 0.05) is 5.75 Å². The van der Waals surface area contributed by atoms with Crippen LogP contribution in [0.25, 0.3) is 6.08 Å². The van der Waals surface area contributed by atoms with Crippen molar-refractivity contribution in [2.45, 2.75) is 19.0 Å². The van der Waals surface area contributed by atoms with E-state index in [4.69, 9.17) is 4.74 Å². The van der Waals surface area contributed by atoms with Crippen molar-refractivity contribution in [3.8, 4) is 0 Å². The Bertz CT molecular complexity index is 827. The highest BCUT2D eigenvalue weighted by atomic mass is 32.2. The van der Waals surface area contributed by atoms with Gasteiger partial charge >= 0.3 is 5.97 Å². The molecule has 0 atom stereocenters. The lowest BCUT2D eigenvalue weighted by atomic mass is 10.1. The van der Waals surface area contributed by atoms with Gasteiger partial charge in [-0.3, -0.25) is 0 Å². The molecule has 124 valence electrons. The second-order valence-corrected chi connectivity index (χ2v) is 5.95. The molecule has 0 radical (unpaired) electrons. The number of aromatic nitrogens is 3. The summed E-state index contributed by atoms with van der Waals surface area (Å²) in [4.78, 5) is 12.4. The van der Waals surface area contributed by atoms with Crippen molar-refractivity contribution < 1.29 is 13.9 Å². The Kier molecular flexibility index (Phi) is 4.75. The largest absolute Gasteiger partial charge is 0.462 e. The van der Waals surface area contributed by atoms with Crippen molar-refractivity contribution in [3.05, 3.63) is 47.0 Å². The molecular weight excluding hydrogens is 331 g/mol. The number of carbonyl (C=O) groups excluding carboxylic acids is 1. The Morgan fingerprint density at radius 2 is 2.12 bits per heavy atom. The zero-order valence-electron chi connectivity index (χ0n) is 13.2. The SMILES string of the molecule is CCOC(=O)C(=Cc1ccc(F)cc1)C1=Nn2c(C)nnc2SC1. The first kappa shape index (κ1) is 16.4. The molecule has 8 heteroatoms. The van der Waals surface area contributed by atoms with Crippen LogP contribution < -0.4 is 0 Å². The van der Waals surface area contributed by atoms with Crippen molar-refractivity contribution >= 4 is 29.5 Å². The van der Waals surface area contributed by atoms with E-state index in [0.717, 1.165) is 0 Å². The van der Waals surface area contributed by atoms with Crippen molar-refractivity contribution in [1.29, 1.82) is 0 Å². The molecule has 2 heterocycles. The number of benzene rings is 1. The van der Waals surface area contributed by atoms with E-state index in [0.29, 0.717) is 33.6 Å². The van der Waals surface area contributed by atoms with E-state index in [1.165, 1.54) is 23.9 Å². The number of rotatable bonds is 4. The lowest BCUT2D eigenvalue weighted by Gasteiger charge is -2.15. The van der Waals surface area contributed by atoms with Gasteiger partial charge < -0.3 is 4.74 Å². The second-order valence-electron chi connectivity index (χ2n) is 5.01. The average Bonchev–Trinajstić information content (AvgIpc) is 2.95. The Labute approximate surface area is 142 Å². The fraction of sp³-hybridized carbons (Fsp3) is 0.250. The van der Waals surface area contributed by atoms with E-state index < -0.39 is 5.97 Å². The topological polar surface area (TPSA) is 69.4 Å². The molecule has 2 aromatic rings. The molecule has 0 fully saturated rings. The maximum Gasteiger partial charge on any atom is 0.340 e. The number of fused-ring (bicyclic) bond motifs is 1. The molecular formula is C16H15FN4O2S. The number of halogens is 1. The summed E-state index contributed by atoms with van der Waals surface area (Å²) in [6, 6.07) is 5.88. The zero-order chi connectivity index (χ0) is 17.1. The smallest absolute Gasteiger partial charge is 0.340 e. The number of esters is 1. The van der Waals surface area contributed by atoms with Crippen LogP contribution in [0.3, 0.4) is 0 Å². The van der Waals surface area contributed by atoms with E-state index in [1.807, 2.05) is 0 Å². The van der Waals surface area contributed by atoms with Gasteiger partial charge in [-0.05, 0) is 37.6 Å². The van der Waals surface area contributed by atoms with Gasteiger partial charge in [0.2, 0.25) is 5.16 Å². The first-order valence-corrected chi connectivity index (χ1v) is 8.34. The van der Waals surface area contributed by atoms with E-state index in [-0.39, 0.29) is 12.4 Å². The normalized spacial score (nSPS) is 14.1. The predicted octanol–water partition coefficient (Wildman–Crippen LogP) is 2.68. The minimum absolute atomic E-state index is 0.261. The molecule has 24 heavy (non-hydrogen) atoms. The highest BCUT2D eigenvalue weighted by Crippen LogP contribution is 2.25. The molecule has 1 aromatic carbocycles. The maximum absolute atomic E-state index is 13.1. The van der Waals surface area contributed by atoms with E-state index >= 15 is 0 Å². The van der Waals surface area contributed by atoms with Crippen LogP contribution in [0.4, 0.5) is 4.39 Å². The third kappa shape index (κ3) is 3.38. The number of aryl methyl sites for hydroxylation is 1. The summed E-state index contributed by atoms with van der Waals surface area (Å²) in [7, 11) is 0.